The molecule has 2 aromatic carbocycles. The maximum Gasteiger partial charge on any atom is 0.0625 e. The number of anilines is 1. The fourth-order valence-corrected chi connectivity index (χ4v) is 5.51. The lowest BCUT2D eigenvalue weighted by molar-refractivity contribution is -0.0332. The predicted octanol–water partition coefficient (Wildman–Crippen LogP) is 5.13. The maximum atomic E-state index is 11.2. The molecule has 2 aliphatic rings. The lowest BCUT2D eigenvalue weighted by atomic mass is 9.62. The van der Waals surface area contributed by atoms with Crippen LogP contribution in [0.15, 0.2) is 60.7 Å². The van der Waals surface area contributed by atoms with Crippen LogP contribution in [0.2, 0.25) is 0 Å². The van der Waals surface area contributed by atoms with Crippen LogP contribution in [-0.4, -0.2) is 11.2 Å². The number of benzene rings is 2. The number of aliphatic hydroxyl groups excluding tert-OH is 1. The molecule has 0 heterocycles. The largest absolute Gasteiger partial charge is 0.392 e. The Labute approximate surface area is 151 Å². The van der Waals surface area contributed by atoms with Crippen molar-refractivity contribution in [1.29, 1.82) is 0 Å². The molecule has 0 spiro atoms. The molecule has 2 bridgehead atoms. The van der Waals surface area contributed by atoms with Crippen molar-refractivity contribution in [1.82, 2.24) is 0 Å². The number of fused-ring (bicyclic) bond motifs is 2. The third kappa shape index (κ3) is 2.67. The van der Waals surface area contributed by atoms with Gasteiger partial charge in [0.1, 0.15) is 0 Å². The Hall–Kier alpha value is -1.80. The van der Waals surface area contributed by atoms with Crippen LogP contribution >= 0.6 is 0 Å². The minimum atomic E-state index is -0.227. The van der Waals surface area contributed by atoms with Crippen LogP contribution in [-0.2, 0) is 0 Å². The maximum absolute atomic E-state index is 11.2. The van der Waals surface area contributed by atoms with E-state index in [1.807, 2.05) is 6.07 Å². The Bertz CT molecular complexity index is 711. The van der Waals surface area contributed by atoms with Crippen LogP contribution in [0.4, 0.5) is 5.69 Å². The Kier molecular flexibility index (Phi) is 4.11. The summed E-state index contributed by atoms with van der Waals surface area (Å²) in [7, 11) is 0. The van der Waals surface area contributed by atoms with E-state index in [4.69, 9.17) is 0 Å². The van der Waals surface area contributed by atoms with E-state index in [1.54, 1.807) is 0 Å². The molecule has 0 saturated heterocycles. The molecule has 2 aromatic rings. The van der Waals surface area contributed by atoms with Crippen molar-refractivity contribution in [3.63, 3.8) is 0 Å². The van der Waals surface area contributed by atoms with Gasteiger partial charge in [0.15, 0.2) is 0 Å². The van der Waals surface area contributed by atoms with Gasteiger partial charge in [-0.25, -0.2) is 0 Å². The third-order valence-electron chi connectivity index (χ3n) is 7.23. The summed E-state index contributed by atoms with van der Waals surface area (Å²) in [5.74, 6) is 1.80. The molecule has 0 unspecified atom stereocenters. The molecular formula is C23H29NO. The number of para-hydroxylation sites is 1. The monoisotopic (exact) mass is 335 g/mol. The van der Waals surface area contributed by atoms with Crippen molar-refractivity contribution >= 4 is 5.69 Å². The normalized spacial score (nSPS) is 34.0. The van der Waals surface area contributed by atoms with E-state index < -0.39 is 0 Å². The molecule has 0 amide bonds. The topological polar surface area (TPSA) is 32.3 Å². The molecule has 132 valence electrons. The molecule has 0 aromatic heterocycles. The summed E-state index contributed by atoms with van der Waals surface area (Å²) >= 11 is 0. The number of aliphatic hydroxyl groups is 1. The first kappa shape index (κ1) is 16.7. The number of rotatable bonds is 4. The summed E-state index contributed by atoms with van der Waals surface area (Å²) in [6.45, 7) is 7.11. The highest BCUT2D eigenvalue weighted by Gasteiger charge is 2.61. The van der Waals surface area contributed by atoms with Crippen LogP contribution < -0.4 is 5.32 Å². The molecule has 25 heavy (non-hydrogen) atoms. The first-order valence-electron chi connectivity index (χ1n) is 9.54. The SMILES string of the molecule is C[C@@H]1[C@H]2C[C@@H]([C@H]([C@@H](Nc3ccccc3)c3ccccc3)[C@@H]2O)C1(C)C. The molecule has 4 rings (SSSR count). The zero-order chi connectivity index (χ0) is 17.6. The van der Waals surface area contributed by atoms with Crippen molar-refractivity contribution in [2.24, 2.45) is 29.1 Å². The van der Waals surface area contributed by atoms with E-state index in [9.17, 15) is 5.11 Å². The molecule has 2 N–H and O–H groups in total. The second-order valence-electron chi connectivity index (χ2n) is 8.58. The molecule has 2 nitrogen and oxygen atoms in total. The van der Waals surface area contributed by atoms with Gasteiger partial charge in [-0.05, 0) is 47.3 Å². The second kappa shape index (κ2) is 6.17. The summed E-state index contributed by atoms with van der Waals surface area (Å²) < 4.78 is 0. The van der Waals surface area contributed by atoms with E-state index >= 15 is 0 Å². The van der Waals surface area contributed by atoms with Crippen LogP contribution in [0.1, 0.15) is 38.8 Å². The smallest absolute Gasteiger partial charge is 0.0625 e. The Morgan fingerprint density at radius 1 is 1.00 bits per heavy atom. The Balaban J connectivity index is 1.71. The summed E-state index contributed by atoms with van der Waals surface area (Å²) in [6.07, 6.45) is 0.925. The van der Waals surface area contributed by atoms with E-state index in [-0.39, 0.29) is 23.5 Å². The predicted molar refractivity (Wildman–Crippen MR) is 103 cm³/mol. The van der Waals surface area contributed by atoms with Gasteiger partial charge in [0.25, 0.3) is 0 Å². The van der Waals surface area contributed by atoms with Gasteiger partial charge in [-0.3, -0.25) is 0 Å². The second-order valence-corrected chi connectivity index (χ2v) is 8.58. The standard InChI is InChI=1S/C23H29NO/c1-15-18-14-19(23(15,2)3)20(22(18)25)21(16-10-6-4-7-11-16)24-17-12-8-5-9-13-17/h4-13,15,18-22,24-25H,14H2,1-3H3/t15-,18-,19+,20-,21+,22-/m1/s1. The molecule has 2 heteroatoms. The van der Waals surface area contributed by atoms with Crippen LogP contribution in [0, 0.1) is 29.1 Å². The van der Waals surface area contributed by atoms with Gasteiger partial charge in [-0.1, -0.05) is 69.3 Å². The van der Waals surface area contributed by atoms with E-state index in [1.165, 1.54) is 5.56 Å². The average molecular weight is 335 g/mol. The van der Waals surface area contributed by atoms with Crippen molar-refractivity contribution in [2.45, 2.75) is 39.3 Å². The van der Waals surface area contributed by atoms with E-state index in [0.717, 1.165) is 12.1 Å². The number of nitrogens with one attached hydrogen (secondary N) is 1. The summed E-state index contributed by atoms with van der Waals surface area (Å²) in [5.41, 5.74) is 2.67. The fraction of sp³-hybridized carbons (Fsp3) is 0.478. The molecule has 0 aliphatic heterocycles. The minimum Gasteiger partial charge on any atom is -0.392 e. The van der Waals surface area contributed by atoms with Gasteiger partial charge in [-0.2, -0.15) is 0 Å². The Morgan fingerprint density at radius 2 is 1.60 bits per heavy atom. The van der Waals surface area contributed by atoms with Crippen molar-refractivity contribution in [3.8, 4) is 0 Å². The van der Waals surface area contributed by atoms with Crippen molar-refractivity contribution in [2.75, 3.05) is 5.32 Å². The molecule has 2 aliphatic carbocycles. The highest BCUT2D eigenvalue weighted by Crippen LogP contribution is 2.64. The quantitative estimate of drug-likeness (QED) is 0.812. The van der Waals surface area contributed by atoms with Gasteiger partial charge < -0.3 is 10.4 Å². The molecular weight excluding hydrogens is 306 g/mol. The van der Waals surface area contributed by atoms with Crippen LogP contribution in [0.25, 0.3) is 0 Å². The van der Waals surface area contributed by atoms with Gasteiger partial charge >= 0.3 is 0 Å². The molecule has 6 atom stereocenters. The van der Waals surface area contributed by atoms with E-state index in [0.29, 0.717) is 17.8 Å². The van der Waals surface area contributed by atoms with Gasteiger partial charge in [-0.15, -0.1) is 0 Å². The lowest BCUT2D eigenvalue weighted by Crippen LogP contribution is -2.46. The van der Waals surface area contributed by atoms with Crippen LogP contribution in [0.5, 0.6) is 0 Å². The summed E-state index contributed by atoms with van der Waals surface area (Å²) in [5, 5.41) is 14.9. The van der Waals surface area contributed by atoms with Gasteiger partial charge in [0.05, 0.1) is 12.1 Å². The van der Waals surface area contributed by atoms with Crippen molar-refractivity contribution < 1.29 is 5.11 Å². The zero-order valence-electron chi connectivity index (χ0n) is 15.4. The summed E-state index contributed by atoms with van der Waals surface area (Å²) in [4.78, 5) is 0. The highest BCUT2D eigenvalue weighted by molar-refractivity contribution is 5.46. The molecule has 0 radical (unpaired) electrons. The Morgan fingerprint density at radius 3 is 2.20 bits per heavy atom. The molecule has 2 saturated carbocycles. The average Bonchev–Trinajstić information content (AvgIpc) is 3.08. The first-order chi connectivity index (χ1) is 12.0. The summed E-state index contributed by atoms with van der Waals surface area (Å²) in [6, 6.07) is 21.2. The number of hydrogen-bond acceptors (Lipinski definition) is 2. The molecule has 2 fully saturated rings. The fourth-order valence-electron chi connectivity index (χ4n) is 5.51. The van der Waals surface area contributed by atoms with E-state index in [2.05, 4.69) is 80.7 Å². The van der Waals surface area contributed by atoms with Gasteiger partial charge in [0.2, 0.25) is 0 Å². The third-order valence-corrected chi connectivity index (χ3v) is 7.23. The van der Waals surface area contributed by atoms with Crippen molar-refractivity contribution in [3.05, 3.63) is 66.2 Å². The number of hydrogen-bond donors (Lipinski definition) is 2. The van der Waals surface area contributed by atoms with Gasteiger partial charge in [0, 0.05) is 11.6 Å². The van der Waals surface area contributed by atoms with Crippen LogP contribution in [0.3, 0.4) is 0 Å². The first-order valence-corrected chi connectivity index (χ1v) is 9.54. The lowest BCUT2D eigenvalue weighted by Gasteiger charge is -2.46. The zero-order valence-corrected chi connectivity index (χ0v) is 15.4. The highest BCUT2D eigenvalue weighted by atomic mass is 16.3. The minimum absolute atomic E-state index is 0.139.